The van der Waals surface area contributed by atoms with Crippen LogP contribution in [-0.2, 0) is 4.79 Å². The van der Waals surface area contributed by atoms with Crippen LogP contribution in [0.3, 0.4) is 0 Å². The number of halogens is 2. The van der Waals surface area contributed by atoms with Crippen molar-refractivity contribution in [2.24, 2.45) is 0 Å². The Morgan fingerprint density at radius 1 is 1.09 bits per heavy atom. The van der Waals surface area contributed by atoms with Crippen LogP contribution in [0.4, 0.5) is 8.78 Å². The predicted octanol–water partition coefficient (Wildman–Crippen LogP) is 2.70. The highest BCUT2D eigenvalue weighted by atomic mass is 19.1. The minimum Gasteiger partial charge on any atom is -0.354 e. The highest BCUT2D eigenvalue weighted by Gasteiger charge is 2.12. The van der Waals surface area contributed by atoms with Crippen molar-refractivity contribution >= 4 is 11.8 Å². The molecular weight excluding hydrogens is 302 g/mol. The summed E-state index contributed by atoms with van der Waals surface area (Å²) < 4.78 is 26.2. The molecule has 0 radical (unpaired) electrons. The Morgan fingerprint density at radius 3 is 2.57 bits per heavy atom. The molecule has 0 fully saturated rings. The number of nitrogens with one attached hydrogen (secondary N) is 2. The minimum absolute atomic E-state index is 0.0830. The number of amides is 2. The monoisotopic (exact) mass is 322 g/mol. The summed E-state index contributed by atoms with van der Waals surface area (Å²) in [5.41, 5.74) is 0.941. The summed E-state index contributed by atoms with van der Waals surface area (Å²) in [5.74, 6) is -2.36. The van der Waals surface area contributed by atoms with E-state index < -0.39 is 17.5 Å². The maximum absolute atomic E-state index is 13.4. The van der Waals surface area contributed by atoms with Gasteiger partial charge >= 0.3 is 0 Å². The van der Waals surface area contributed by atoms with Gasteiger partial charge in [0.2, 0.25) is 5.91 Å². The molecule has 0 bridgehead atoms. The maximum atomic E-state index is 13.4. The van der Waals surface area contributed by atoms with Crippen LogP contribution in [-0.4, -0.2) is 24.9 Å². The van der Waals surface area contributed by atoms with Crippen LogP contribution in [0.25, 0.3) is 0 Å². The van der Waals surface area contributed by atoms with Crippen molar-refractivity contribution in [3.05, 3.63) is 47.0 Å². The van der Waals surface area contributed by atoms with E-state index in [0.717, 1.165) is 37.0 Å². The molecule has 2 N–H and O–H groups in total. The zero-order chi connectivity index (χ0) is 16.7. The van der Waals surface area contributed by atoms with Crippen molar-refractivity contribution in [2.75, 3.05) is 13.1 Å². The molecular formula is C17H20F2N2O2. The van der Waals surface area contributed by atoms with Gasteiger partial charge in [-0.3, -0.25) is 9.59 Å². The lowest BCUT2D eigenvalue weighted by Gasteiger charge is -2.12. The van der Waals surface area contributed by atoms with Gasteiger partial charge in [-0.05, 0) is 37.8 Å². The van der Waals surface area contributed by atoms with Gasteiger partial charge in [0.1, 0.15) is 11.6 Å². The fourth-order valence-corrected chi connectivity index (χ4v) is 2.48. The molecule has 124 valence electrons. The topological polar surface area (TPSA) is 58.2 Å². The molecule has 0 heterocycles. The molecule has 0 saturated carbocycles. The van der Waals surface area contributed by atoms with Crippen molar-refractivity contribution in [1.29, 1.82) is 0 Å². The molecule has 0 aromatic heterocycles. The average Bonchev–Trinajstić information content (AvgIpc) is 2.52. The summed E-state index contributed by atoms with van der Waals surface area (Å²) in [5, 5.41) is 5.20. The van der Waals surface area contributed by atoms with Gasteiger partial charge in [-0.1, -0.05) is 11.6 Å². The smallest absolute Gasteiger partial charge is 0.254 e. The van der Waals surface area contributed by atoms with Crippen LogP contribution in [0.15, 0.2) is 29.8 Å². The second-order valence-electron chi connectivity index (χ2n) is 5.51. The fraction of sp³-hybridized carbons (Fsp3) is 0.412. The molecule has 0 unspecified atom stereocenters. The molecule has 1 aliphatic carbocycles. The first-order chi connectivity index (χ1) is 11.1. The second kappa shape index (κ2) is 8.41. The summed E-state index contributed by atoms with van der Waals surface area (Å²) in [7, 11) is 0. The van der Waals surface area contributed by atoms with Crippen molar-refractivity contribution in [2.45, 2.75) is 32.1 Å². The number of carbonyl (C=O) groups excluding carboxylic acids is 2. The van der Waals surface area contributed by atoms with Crippen LogP contribution < -0.4 is 10.6 Å². The van der Waals surface area contributed by atoms with E-state index >= 15 is 0 Å². The van der Waals surface area contributed by atoms with Crippen molar-refractivity contribution < 1.29 is 18.4 Å². The largest absolute Gasteiger partial charge is 0.354 e. The fourth-order valence-electron chi connectivity index (χ4n) is 2.48. The van der Waals surface area contributed by atoms with Crippen LogP contribution in [0.5, 0.6) is 0 Å². The Morgan fingerprint density at radius 2 is 1.87 bits per heavy atom. The number of hydrogen-bond donors (Lipinski definition) is 2. The molecule has 1 aromatic carbocycles. The lowest BCUT2D eigenvalue weighted by Crippen LogP contribution is -2.35. The van der Waals surface area contributed by atoms with Gasteiger partial charge in [-0.15, -0.1) is 0 Å². The number of benzene rings is 1. The third kappa shape index (κ3) is 5.47. The van der Waals surface area contributed by atoms with E-state index in [0.29, 0.717) is 12.5 Å². The summed E-state index contributed by atoms with van der Waals surface area (Å²) in [6.45, 7) is 0.446. The molecule has 23 heavy (non-hydrogen) atoms. The summed E-state index contributed by atoms with van der Waals surface area (Å²) in [4.78, 5) is 23.5. The van der Waals surface area contributed by atoms with Gasteiger partial charge in [0.05, 0.1) is 5.56 Å². The summed E-state index contributed by atoms with van der Waals surface area (Å²) in [6.07, 6.45) is 6.80. The van der Waals surface area contributed by atoms with E-state index in [2.05, 4.69) is 16.7 Å². The van der Waals surface area contributed by atoms with Gasteiger partial charge in [0, 0.05) is 25.6 Å². The number of rotatable bonds is 6. The van der Waals surface area contributed by atoms with Crippen molar-refractivity contribution in [3.8, 4) is 0 Å². The lowest BCUT2D eigenvalue weighted by molar-refractivity contribution is -0.120. The van der Waals surface area contributed by atoms with Crippen LogP contribution in [0.2, 0.25) is 0 Å². The Labute approximate surface area is 134 Å². The number of hydrogen-bond acceptors (Lipinski definition) is 2. The van der Waals surface area contributed by atoms with E-state index in [1.165, 1.54) is 6.42 Å². The molecule has 4 nitrogen and oxygen atoms in total. The Hall–Kier alpha value is -2.24. The minimum atomic E-state index is -0.907. The van der Waals surface area contributed by atoms with Crippen molar-refractivity contribution in [3.63, 3.8) is 0 Å². The third-order valence-corrected chi connectivity index (χ3v) is 3.68. The average molecular weight is 322 g/mol. The van der Waals surface area contributed by atoms with Gasteiger partial charge in [-0.2, -0.15) is 0 Å². The molecule has 1 aliphatic rings. The van der Waals surface area contributed by atoms with Gasteiger partial charge in [0.15, 0.2) is 0 Å². The molecule has 1 aromatic rings. The molecule has 6 heteroatoms. The van der Waals surface area contributed by atoms with Gasteiger partial charge in [-0.25, -0.2) is 8.78 Å². The zero-order valence-electron chi connectivity index (χ0n) is 12.8. The highest BCUT2D eigenvalue weighted by Crippen LogP contribution is 2.19. The highest BCUT2D eigenvalue weighted by molar-refractivity contribution is 5.94. The molecule has 0 atom stereocenters. The van der Waals surface area contributed by atoms with E-state index in [-0.39, 0.29) is 24.6 Å². The molecule has 0 spiro atoms. The normalized spacial score (nSPS) is 14.1. The molecule has 0 aliphatic heterocycles. The van der Waals surface area contributed by atoms with Crippen LogP contribution >= 0.6 is 0 Å². The number of carbonyl (C=O) groups is 2. The van der Waals surface area contributed by atoms with Gasteiger partial charge in [0.25, 0.3) is 5.91 Å². The van der Waals surface area contributed by atoms with Crippen LogP contribution in [0.1, 0.15) is 42.5 Å². The molecule has 0 saturated heterocycles. The first-order valence-electron chi connectivity index (χ1n) is 7.74. The SMILES string of the molecule is O=C(CC1=CCCCC1)NCCNC(=O)c1ccc(F)cc1F. The zero-order valence-corrected chi connectivity index (χ0v) is 12.8. The first kappa shape index (κ1) is 17.1. The first-order valence-corrected chi connectivity index (χ1v) is 7.74. The van der Waals surface area contributed by atoms with E-state index in [1.807, 2.05) is 0 Å². The summed E-state index contributed by atoms with van der Waals surface area (Å²) >= 11 is 0. The van der Waals surface area contributed by atoms with Crippen molar-refractivity contribution in [1.82, 2.24) is 10.6 Å². The van der Waals surface area contributed by atoms with Crippen LogP contribution in [0, 0.1) is 11.6 Å². The second-order valence-corrected chi connectivity index (χ2v) is 5.51. The maximum Gasteiger partial charge on any atom is 0.254 e. The van der Waals surface area contributed by atoms with E-state index in [9.17, 15) is 18.4 Å². The quantitative estimate of drug-likeness (QED) is 0.625. The molecule has 2 amide bonds. The van der Waals surface area contributed by atoms with E-state index in [4.69, 9.17) is 0 Å². The lowest BCUT2D eigenvalue weighted by atomic mass is 9.97. The predicted molar refractivity (Wildman–Crippen MR) is 82.9 cm³/mol. The number of allylic oxidation sites excluding steroid dienone is 1. The Kier molecular flexibility index (Phi) is 6.26. The Balaban J connectivity index is 1.69. The van der Waals surface area contributed by atoms with Gasteiger partial charge < -0.3 is 10.6 Å². The standard InChI is InChI=1S/C17H20F2N2O2/c18-13-6-7-14(15(19)11-13)17(23)21-9-8-20-16(22)10-12-4-2-1-3-5-12/h4,6-7,11H,1-3,5,8-10H2,(H,20,22)(H,21,23). The Bertz CT molecular complexity index is 615. The summed E-state index contributed by atoms with van der Waals surface area (Å²) in [6, 6.07) is 2.78. The molecule has 2 rings (SSSR count). The van der Waals surface area contributed by atoms with E-state index in [1.54, 1.807) is 0 Å². The third-order valence-electron chi connectivity index (χ3n) is 3.68.